The van der Waals surface area contributed by atoms with Crippen molar-refractivity contribution in [3.05, 3.63) is 0 Å². The highest BCUT2D eigenvalue weighted by molar-refractivity contribution is 5.02. The van der Waals surface area contributed by atoms with Crippen LogP contribution in [0.15, 0.2) is 0 Å². The van der Waals surface area contributed by atoms with E-state index in [1.807, 2.05) is 6.92 Å². The molecular weight excluding hydrogens is 144 g/mol. The first-order chi connectivity index (χ1) is 5.18. The Labute approximate surface area is 66.6 Å². The highest BCUT2D eigenvalue weighted by Gasteiger charge is 2.63. The van der Waals surface area contributed by atoms with E-state index in [2.05, 4.69) is 6.92 Å². The minimum Gasteiger partial charge on any atom is -0.372 e. The van der Waals surface area contributed by atoms with Crippen molar-refractivity contribution in [1.82, 2.24) is 0 Å². The lowest BCUT2D eigenvalue weighted by atomic mass is 10.0. The Hall–Kier alpha value is -0.120. The van der Waals surface area contributed by atoms with Crippen molar-refractivity contribution in [2.24, 2.45) is 0 Å². The van der Waals surface area contributed by atoms with E-state index in [0.717, 1.165) is 6.42 Å². The van der Waals surface area contributed by atoms with Crippen LogP contribution in [0.5, 0.6) is 0 Å². The molecule has 0 spiro atoms. The van der Waals surface area contributed by atoms with E-state index in [0.29, 0.717) is 0 Å². The van der Waals surface area contributed by atoms with Crippen LogP contribution >= 0.6 is 0 Å². The van der Waals surface area contributed by atoms with E-state index in [9.17, 15) is 0 Å². The third-order valence-electron chi connectivity index (χ3n) is 2.49. The Kier molecular flexibility index (Phi) is 1.50. The van der Waals surface area contributed by atoms with Gasteiger partial charge in [0.2, 0.25) is 0 Å². The van der Waals surface area contributed by atoms with Gasteiger partial charge >= 0.3 is 0 Å². The first-order valence-corrected chi connectivity index (χ1v) is 4.06. The molecule has 2 fully saturated rings. The standard InChI is InChI=1S/C8H14O3/c1-5-4-8(9-3)7(11-8)6(2)10-5/h5-7H,4H2,1-3H3. The van der Waals surface area contributed by atoms with Crippen molar-refractivity contribution >= 4 is 0 Å². The Balaban J connectivity index is 2.08. The van der Waals surface area contributed by atoms with Gasteiger partial charge in [0, 0.05) is 13.5 Å². The van der Waals surface area contributed by atoms with Gasteiger partial charge in [0.15, 0.2) is 5.79 Å². The summed E-state index contributed by atoms with van der Waals surface area (Å²) in [6, 6.07) is 0. The van der Waals surface area contributed by atoms with Crippen molar-refractivity contribution in [3.8, 4) is 0 Å². The van der Waals surface area contributed by atoms with Crippen LogP contribution in [0, 0.1) is 0 Å². The van der Waals surface area contributed by atoms with Crippen LogP contribution in [-0.4, -0.2) is 31.2 Å². The van der Waals surface area contributed by atoms with E-state index in [4.69, 9.17) is 14.2 Å². The first kappa shape index (κ1) is 7.53. The van der Waals surface area contributed by atoms with Gasteiger partial charge in [-0.3, -0.25) is 0 Å². The predicted octanol–water partition coefficient (Wildman–Crippen LogP) is 0.925. The van der Waals surface area contributed by atoms with Crippen molar-refractivity contribution < 1.29 is 14.2 Å². The van der Waals surface area contributed by atoms with Crippen molar-refractivity contribution in [3.63, 3.8) is 0 Å². The van der Waals surface area contributed by atoms with E-state index in [-0.39, 0.29) is 24.1 Å². The van der Waals surface area contributed by atoms with Crippen molar-refractivity contribution in [1.29, 1.82) is 0 Å². The van der Waals surface area contributed by atoms with Crippen LogP contribution in [0.1, 0.15) is 20.3 Å². The maximum atomic E-state index is 5.56. The maximum absolute atomic E-state index is 5.56. The monoisotopic (exact) mass is 158 g/mol. The summed E-state index contributed by atoms with van der Waals surface area (Å²) >= 11 is 0. The number of epoxide rings is 1. The molecule has 2 rings (SSSR count). The zero-order valence-corrected chi connectivity index (χ0v) is 7.16. The van der Waals surface area contributed by atoms with Crippen molar-refractivity contribution in [2.75, 3.05) is 7.11 Å². The summed E-state index contributed by atoms with van der Waals surface area (Å²) in [5.74, 6) is -0.295. The van der Waals surface area contributed by atoms with Gasteiger partial charge in [0.1, 0.15) is 6.10 Å². The number of hydrogen-bond acceptors (Lipinski definition) is 3. The number of fused-ring (bicyclic) bond motifs is 1. The molecule has 3 heteroatoms. The number of ether oxygens (including phenoxy) is 3. The molecule has 0 radical (unpaired) electrons. The molecule has 64 valence electrons. The van der Waals surface area contributed by atoms with Crippen LogP contribution < -0.4 is 0 Å². The molecule has 2 saturated heterocycles. The Morgan fingerprint density at radius 2 is 2.18 bits per heavy atom. The second-order valence-electron chi connectivity index (χ2n) is 3.41. The molecule has 0 N–H and O–H groups in total. The average molecular weight is 158 g/mol. The molecule has 3 nitrogen and oxygen atoms in total. The van der Waals surface area contributed by atoms with Gasteiger partial charge in [-0.1, -0.05) is 0 Å². The summed E-state index contributed by atoms with van der Waals surface area (Å²) < 4.78 is 16.3. The van der Waals surface area contributed by atoms with E-state index in [1.54, 1.807) is 7.11 Å². The highest BCUT2D eigenvalue weighted by atomic mass is 16.8. The van der Waals surface area contributed by atoms with Gasteiger partial charge in [0.25, 0.3) is 0 Å². The quantitative estimate of drug-likeness (QED) is 0.532. The smallest absolute Gasteiger partial charge is 0.200 e. The van der Waals surface area contributed by atoms with Crippen LogP contribution in [-0.2, 0) is 14.2 Å². The molecule has 0 saturated carbocycles. The maximum Gasteiger partial charge on any atom is 0.200 e. The first-order valence-electron chi connectivity index (χ1n) is 4.06. The average Bonchev–Trinajstić information content (AvgIpc) is 2.64. The Morgan fingerprint density at radius 3 is 2.82 bits per heavy atom. The zero-order chi connectivity index (χ0) is 8.06. The van der Waals surface area contributed by atoms with Crippen LogP contribution in [0.4, 0.5) is 0 Å². The molecule has 2 aliphatic rings. The molecule has 0 aromatic carbocycles. The fourth-order valence-corrected chi connectivity index (χ4v) is 1.93. The summed E-state index contributed by atoms with van der Waals surface area (Å²) in [5, 5.41) is 0. The molecule has 0 aliphatic carbocycles. The lowest BCUT2D eigenvalue weighted by molar-refractivity contribution is -0.0922. The van der Waals surface area contributed by atoms with Gasteiger partial charge in [-0.25, -0.2) is 0 Å². The second-order valence-corrected chi connectivity index (χ2v) is 3.41. The number of methoxy groups -OCH3 is 1. The Morgan fingerprint density at radius 1 is 1.45 bits per heavy atom. The molecule has 4 unspecified atom stereocenters. The van der Waals surface area contributed by atoms with Gasteiger partial charge in [-0.15, -0.1) is 0 Å². The lowest BCUT2D eigenvalue weighted by Crippen LogP contribution is -2.38. The van der Waals surface area contributed by atoms with Crippen molar-refractivity contribution in [2.45, 2.75) is 44.4 Å². The van der Waals surface area contributed by atoms with Gasteiger partial charge < -0.3 is 14.2 Å². The summed E-state index contributed by atoms with van der Waals surface area (Å²) in [7, 11) is 1.70. The van der Waals surface area contributed by atoms with Gasteiger partial charge in [-0.05, 0) is 13.8 Å². The van der Waals surface area contributed by atoms with Gasteiger partial charge in [0.05, 0.1) is 12.2 Å². The predicted molar refractivity (Wildman–Crippen MR) is 39.2 cm³/mol. The molecule has 11 heavy (non-hydrogen) atoms. The van der Waals surface area contributed by atoms with E-state index >= 15 is 0 Å². The molecule has 4 atom stereocenters. The SMILES string of the molecule is COC12CC(C)OC(C)C1O2. The molecule has 2 aliphatic heterocycles. The topological polar surface area (TPSA) is 31.0 Å². The van der Waals surface area contributed by atoms with Crippen LogP contribution in [0.2, 0.25) is 0 Å². The lowest BCUT2D eigenvalue weighted by Gasteiger charge is -2.26. The molecule has 0 amide bonds. The fourth-order valence-electron chi connectivity index (χ4n) is 1.93. The molecule has 0 aromatic heterocycles. The largest absolute Gasteiger partial charge is 0.372 e. The third-order valence-corrected chi connectivity index (χ3v) is 2.49. The summed E-state index contributed by atoms with van der Waals surface area (Å²) in [6.45, 7) is 4.08. The van der Waals surface area contributed by atoms with Crippen LogP contribution in [0.3, 0.4) is 0 Å². The highest BCUT2D eigenvalue weighted by Crippen LogP contribution is 2.48. The minimum absolute atomic E-state index is 0.170. The fraction of sp³-hybridized carbons (Fsp3) is 1.00. The third kappa shape index (κ3) is 0.991. The summed E-state index contributed by atoms with van der Waals surface area (Å²) in [4.78, 5) is 0. The van der Waals surface area contributed by atoms with E-state index in [1.165, 1.54) is 0 Å². The molecular formula is C8H14O3. The Bertz CT molecular complexity index is 171. The van der Waals surface area contributed by atoms with Gasteiger partial charge in [-0.2, -0.15) is 0 Å². The molecule has 2 heterocycles. The molecule has 0 aromatic rings. The normalized spacial score (nSPS) is 55.4. The second kappa shape index (κ2) is 2.19. The number of rotatable bonds is 1. The van der Waals surface area contributed by atoms with E-state index < -0.39 is 0 Å². The summed E-state index contributed by atoms with van der Waals surface area (Å²) in [5.41, 5.74) is 0. The summed E-state index contributed by atoms with van der Waals surface area (Å²) in [6.07, 6.45) is 1.46. The van der Waals surface area contributed by atoms with Crippen LogP contribution in [0.25, 0.3) is 0 Å². The zero-order valence-electron chi connectivity index (χ0n) is 7.16. The number of hydrogen-bond donors (Lipinski definition) is 0. The molecule has 0 bridgehead atoms. The minimum atomic E-state index is -0.295.